The van der Waals surface area contributed by atoms with Crippen LogP contribution in [0.1, 0.15) is 69.2 Å². The van der Waals surface area contributed by atoms with E-state index in [1.54, 1.807) is 39.0 Å². The van der Waals surface area contributed by atoms with Crippen LogP contribution >= 0.6 is 0 Å². The average molecular weight is 565 g/mol. The van der Waals surface area contributed by atoms with E-state index in [4.69, 9.17) is 9.47 Å². The number of nitrogens with zero attached hydrogens (tertiary/aromatic N) is 2. The number of aliphatic hydroxyl groups is 1. The van der Waals surface area contributed by atoms with Crippen molar-refractivity contribution in [2.24, 2.45) is 5.92 Å². The molecule has 218 valence electrons. The van der Waals surface area contributed by atoms with Crippen LogP contribution in [0.5, 0.6) is 0 Å². The minimum absolute atomic E-state index is 0.0621. The molecule has 0 radical (unpaired) electrons. The van der Waals surface area contributed by atoms with Crippen molar-refractivity contribution in [2.45, 2.75) is 104 Å². The molecule has 10 nitrogen and oxygen atoms in total. The van der Waals surface area contributed by atoms with Gasteiger partial charge in [-0.05, 0) is 79.5 Å². The van der Waals surface area contributed by atoms with Gasteiger partial charge in [0.05, 0.1) is 28.3 Å². The molecule has 0 saturated carbocycles. The minimum atomic E-state index is -1.36. The monoisotopic (exact) mass is 564 g/mol. The molecule has 39 heavy (non-hydrogen) atoms. The number of benzene rings is 1. The highest BCUT2D eigenvalue weighted by atomic mass is 32.2. The van der Waals surface area contributed by atoms with E-state index in [0.29, 0.717) is 27.6 Å². The first-order chi connectivity index (χ1) is 17.8. The number of aliphatic hydroxyl groups excluding tert-OH is 1. The summed E-state index contributed by atoms with van der Waals surface area (Å²) >= 11 is 0. The molecule has 2 rings (SSSR count). The fourth-order valence-corrected chi connectivity index (χ4v) is 4.93. The Hall–Kier alpha value is -2.76. The van der Waals surface area contributed by atoms with Gasteiger partial charge in [-0.15, -0.1) is 0 Å². The van der Waals surface area contributed by atoms with Crippen LogP contribution in [0.3, 0.4) is 0 Å². The van der Waals surface area contributed by atoms with Gasteiger partial charge < -0.3 is 25.2 Å². The van der Waals surface area contributed by atoms with Gasteiger partial charge in [-0.3, -0.25) is 18.4 Å². The number of anilines is 2. The highest BCUT2D eigenvalue weighted by molar-refractivity contribution is 7.85. The maximum absolute atomic E-state index is 13.5. The minimum Gasteiger partial charge on any atom is -0.459 e. The normalized spacial score (nSPS) is 13.9. The number of carbonyl (C=O) groups is 1. The molecular weight excluding hydrogens is 520 g/mol. The van der Waals surface area contributed by atoms with Gasteiger partial charge in [0, 0.05) is 27.9 Å². The van der Waals surface area contributed by atoms with Crippen molar-refractivity contribution in [3.05, 3.63) is 34.7 Å². The Kier molecular flexibility index (Phi) is 10.9. The summed E-state index contributed by atoms with van der Waals surface area (Å²) in [7, 11) is -1.36. The molecule has 1 heterocycles. The summed E-state index contributed by atoms with van der Waals surface area (Å²) in [5.74, 6) is 0.113. The summed E-state index contributed by atoms with van der Waals surface area (Å²) in [4.78, 5) is 31.1. The highest BCUT2D eigenvalue weighted by Crippen LogP contribution is 2.28. The lowest BCUT2D eigenvalue weighted by Crippen LogP contribution is -2.33. The molecule has 3 N–H and O–H groups in total. The maximum atomic E-state index is 13.5. The second-order valence-electron chi connectivity index (χ2n) is 12.1. The molecule has 2 aromatic rings. The molecule has 1 aromatic carbocycles. The maximum Gasteiger partial charge on any atom is 0.326 e. The molecule has 0 bridgehead atoms. The molecule has 0 spiro atoms. The molecule has 2 unspecified atom stereocenters. The zero-order valence-corrected chi connectivity index (χ0v) is 25.6. The van der Waals surface area contributed by atoms with Crippen molar-refractivity contribution in [2.75, 3.05) is 16.4 Å². The lowest BCUT2D eigenvalue weighted by Gasteiger charge is -2.25. The molecule has 2 atom stereocenters. The number of esters is 1. The van der Waals surface area contributed by atoms with Crippen molar-refractivity contribution in [3.63, 3.8) is 0 Å². The van der Waals surface area contributed by atoms with Gasteiger partial charge in [-0.2, -0.15) is 0 Å². The number of rotatable bonds is 11. The fraction of sp³-hybridized carbons (Fsp3) is 0.607. The van der Waals surface area contributed by atoms with Crippen LogP contribution in [0, 0.1) is 5.92 Å². The summed E-state index contributed by atoms with van der Waals surface area (Å²) in [5.41, 5.74) is -0.605. The lowest BCUT2D eigenvalue weighted by molar-refractivity contribution is -0.155. The number of carbonyl (C=O) groups excluding carboxylic acids is 1. The summed E-state index contributed by atoms with van der Waals surface area (Å²) in [6.07, 6.45) is 0.152. The van der Waals surface area contributed by atoms with E-state index in [1.807, 2.05) is 48.5 Å². The predicted molar refractivity (Wildman–Crippen MR) is 155 cm³/mol. The Morgan fingerprint density at radius 3 is 2.23 bits per heavy atom. The van der Waals surface area contributed by atoms with Gasteiger partial charge >= 0.3 is 5.97 Å². The summed E-state index contributed by atoms with van der Waals surface area (Å²) in [6, 6.07) is 5.00. The number of nitrogens with one attached hydrogen (secondary N) is 2. The van der Waals surface area contributed by atoms with Crippen LogP contribution in [-0.4, -0.2) is 54.2 Å². The quantitative estimate of drug-likeness (QED) is 0.269. The third-order valence-corrected chi connectivity index (χ3v) is 6.62. The SMILES string of the molecule is CC(C)CS(=O)c1cc(NC(O)OC(C)(C)C)cc(-c2cnc(NC(C)C)c(=O)n2CC(=O)OC(C)(C)C)c1. The first-order valence-electron chi connectivity index (χ1n) is 13.1. The van der Waals surface area contributed by atoms with Gasteiger partial charge in [-0.25, -0.2) is 4.98 Å². The first-order valence-corrected chi connectivity index (χ1v) is 14.4. The largest absolute Gasteiger partial charge is 0.459 e. The van der Waals surface area contributed by atoms with Crippen molar-refractivity contribution in [1.29, 1.82) is 0 Å². The number of ether oxygens (including phenoxy) is 2. The van der Waals surface area contributed by atoms with E-state index in [1.165, 1.54) is 10.8 Å². The Labute approximate surface area is 234 Å². The summed E-state index contributed by atoms with van der Waals surface area (Å²) < 4.78 is 25.5. The molecule has 0 saturated heterocycles. The molecule has 0 amide bonds. The average Bonchev–Trinajstić information content (AvgIpc) is 2.72. The third-order valence-electron chi connectivity index (χ3n) is 4.89. The van der Waals surface area contributed by atoms with Gasteiger partial charge in [-0.1, -0.05) is 13.8 Å². The van der Waals surface area contributed by atoms with Crippen molar-refractivity contribution >= 4 is 28.3 Å². The van der Waals surface area contributed by atoms with E-state index in [2.05, 4.69) is 15.6 Å². The Morgan fingerprint density at radius 1 is 1.05 bits per heavy atom. The van der Waals surface area contributed by atoms with Gasteiger partial charge in [0.1, 0.15) is 12.1 Å². The fourth-order valence-electron chi connectivity index (χ4n) is 3.62. The number of hydrogen-bond acceptors (Lipinski definition) is 9. The molecule has 1 aromatic heterocycles. The second kappa shape index (κ2) is 13.1. The molecular formula is C28H44N4O6S. The summed E-state index contributed by atoms with van der Waals surface area (Å²) in [6.45, 7) is 18.1. The van der Waals surface area contributed by atoms with Crippen LogP contribution in [0.2, 0.25) is 0 Å². The molecule has 0 aliphatic rings. The van der Waals surface area contributed by atoms with Crippen LogP contribution in [0.4, 0.5) is 11.5 Å². The number of aromatic nitrogens is 2. The Morgan fingerprint density at radius 2 is 1.69 bits per heavy atom. The smallest absolute Gasteiger partial charge is 0.326 e. The highest BCUT2D eigenvalue weighted by Gasteiger charge is 2.22. The van der Waals surface area contributed by atoms with Gasteiger partial charge in [0.2, 0.25) is 6.41 Å². The predicted octanol–water partition coefficient (Wildman–Crippen LogP) is 4.34. The van der Waals surface area contributed by atoms with Gasteiger partial charge in [0.15, 0.2) is 5.82 Å². The Bertz CT molecular complexity index is 1230. The van der Waals surface area contributed by atoms with E-state index in [9.17, 15) is 18.9 Å². The van der Waals surface area contributed by atoms with Crippen LogP contribution in [0.15, 0.2) is 34.1 Å². The van der Waals surface area contributed by atoms with Crippen LogP contribution < -0.4 is 16.2 Å². The molecule has 11 heteroatoms. The topological polar surface area (TPSA) is 132 Å². The third kappa shape index (κ3) is 10.7. The second-order valence-corrected chi connectivity index (χ2v) is 13.6. The van der Waals surface area contributed by atoms with Gasteiger partial charge in [0.25, 0.3) is 5.56 Å². The summed E-state index contributed by atoms with van der Waals surface area (Å²) in [5, 5.41) is 16.4. The standard InChI is InChI=1S/C28H44N4O6S/c1-17(2)16-39(36)21-12-19(11-20(13-21)31-26(35)38-28(8,9)10)22-14-29-24(30-18(3)4)25(34)32(22)15-23(33)37-27(5,6)7/h11-14,17-18,26,31,35H,15-16H2,1-10H3,(H,29,30). The van der Waals surface area contributed by atoms with E-state index in [-0.39, 0.29) is 24.3 Å². The van der Waals surface area contributed by atoms with Crippen LogP contribution in [-0.2, 0) is 31.6 Å². The van der Waals surface area contributed by atoms with E-state index >= 15 is 0 Å². The molecule has 0 aliphatic heterocycles. The number of hydrogen-bond donors (Lipinski definition) is 3. The van der Waals surface area contributed by atoms with Crippen molar-refractivity contribution in [3.8, 4) is 11.3 Å². The Balaban J connectivity index is 2.69. The zero-order valence-electron chi connectivity index (χ0n) is 24.7. The zero-order chi connectivity index (χ0) is 29.7. The lowest BCUT2D eigenvalue weighted by atomic mass is 10.1. The van der Waals surface area contributed by atoms with E-state index in [0.717, 1.165) is 0 Å². The molecule has 0 fully saturated rings. The van der Waals surface area contributed by atoms with Crippen molar-refractivity contribution in [1.82, 2.24) is 9.55 Å². The molecule has 0 aliphatic carbocycles. The van der Waals surface area contributed by atoms with Crippen molar-refractivity contribution < 1.29 is 23.6 Å². The van der Waals surface area contributed by atoms with Crippen LogP contribution in [0.25, 0.3) is 11.3 Å². The first kappa shape index (κ1) is 32.5. The van der Waals surface area contributed by atoms with E-state index < -0.39 is 39.9 Å².